The molecule has 2 rings (SSSR count). The molecule has 2 amide bonds. The van der Waals surface area contributed by atoms with E-state index in [-0.39, 0.29) is 24.2 Å². The van der Waals surface area contributed by atoms with Gasteiger partial charge in [0.25, 0.3) is 0 Å². The summed E-state index contributed by atoms with van der Waals surface area (Å²) in [5.74, 6) is -1.71. The summed E-state index contributed by atoms with van der Waals surface area (Å²) < 4.78 is 42.6. The van der Waals surface area contributed by atoms with E-state index in [0.717, 1.165) is 32.2 Å². The summed E-state index contributed by atoms with van der Waals surface area (Å²) in [5, 5.41) is 2.92. The third kappa shape index (κ3) is 7.27. The Morgan fingerprint density at radius 2 is 1.61 bits per heavy atom. The fourth-order valence-corrected chi connectivity index (χ4v) is 4.67. The molecule has 0 aliphatic heterocycles. The molecule has 2 atom stereocenters. The lowest BCUT2D eigenvalue weighted by Gasteiger charge is -2.34. The van der Waals surface area contributed by atoms with E-state index in [1.54, 1.807) is 6.92 Å². The highest BCUT2D eigenvalue weighted by molar-refractivity contribution is 7.90. The summed E-state index contributed by atoms with van der Waals surface area (Å²) in [6, 6.07) is 12.0. The van der Waals surface area contributed by atoms with Crippen LogP contribution in [-0.2, 0) is 26.3 Å². The second-order valence-electron chi connectivity index (χ2n) is 9.00. The van der Waals surface area contributed by atoms with Gasteiger partial charge in [-0.1, -0.05) is 55.8 Å². The first-order valence-corrected chi connectivity index (χ1v) is 13.4. The van der Waals surface area contributed by atoms with Crippen LogP contribution in [0.1, 0.15) is 44.7 Å². The van der Waals surface area contributed by atoms with Crippen molar-refractivity contribution in [3.63, 3.8) is 0 Å². The molecule has 0 aliphatic rings. The molecule has 0 aromatic heterocycles. The average molecular weight is 521 g/mol. The van der Waals surface area contributed by atoms with Crippen LogP contribution in [0.5, 0.6) is 0 Å². The third-order valence-electron chi connectivity index (χ3n) is 6.00. The molecule has 0 heterocycles. The summed E-state index contributed by atoms with van der Waals surface area (Å²) in [6.07, 6.45) is 1.04. The molecule has 0 spiro atoms. The van der Waals surface area contributed by atoms with E-state index in [1.807, 2.05) is 45.0 Å². The molecule has 36 heavy (non-hydrogen) atoms. The highest BCUT2D eigenvalue weighted by Crippen LogP contribution is 2.24. The van der Waals surface area contributed by atoms with Gasteiger partial charge in [0.2, 0.25) is 11.8 Å². The number of carbonyl (C=O) groups excluding carboxylic acids is 2. The van der Waals surface area contributed by atoms with Crippen LogP contribution in [0.25, 0.3) is 0 Å². The zero-order valence-electron chi connectivity index (χ0n) is 21.9. The number of aryl methyl sites for hydroxylation is 1. The quantitative estimate of drug-likeness (QED) is 0.464. The number of para-hydroxylation sites is 1. The van der Waals surface area contributed by atoms with Gasteiger partial charge in [-0.3, -0.25) is 9.59 Å². The Morgan fingerprint density at radius 1 is 1.00 bits per heavy atom. The Kier molecular flexibility index (Phi) is 10.4. The fraction of sp³-hybridized carbons (Fsp3) is 0.462. The third-order valence-corrected chi connectivity index (χ3v) is 7.81. The second kappa shape index (κ2) is 12.8. The van der Waals surface area contributed by atoms with Crippen molar-refractivity contribution in [2.24, 2.45) is 0 Å². The van der Waals surface area contributed by atoms with Crippen molar-refractivity contribution in [3.8, 4) is 0 Å². The minimum Gasteiger partial charge on any atom is -0.352 e. The van der Waals surface area contributed by atoms with E-state index in [4.69, 9.17) is 0 Å². The Hall–Kier alpha value is -2.98. The minimum atomic E-state index is -4.22. The Morgan fingerprint density at radius 3 is 2.14 bits per heavy atom. The van der Waals surface area contributed by atoms with E-state index in [1.165, 1.54) is 37.2 Å². The van der Waals surface area contributed by atoms with Crippen molar-refractivity contribution in [1.82, 2.24) is 14.5 Å². The van der Waals surface area contributed by atoms with E-state index in [9.17, 15) is 22.4 Å². The molecule has 0 saturated carbocycles. The van der Waals surface area contributed by atoms with Crippen molar-refractivity contribution in [3.05, 3.63) is 65.5 Å². The number of halogens is 1. The molecule has 10 heteroatoms. The van der Waals surface area contributed by atoms with Gasteiger partial charge in [0, 0.05) is 26.7 Å². The molecule has 0 radical (unpaired) electrons. The highest BCUT2D eigenvalue weighted by atomic mass is 32.2. The van der Waals surface area contributed by atoms with Crippen molar-refractivity contribution < 1.29 is 22.4 Å². The summed E-state index contributed by atoms with van der Waals surface area (Å²) in [7, 11) is -1.60. The van der Waals surface area contributed by atoms with Crippen molar-refractivity contribution in [2.75, 3.05) is 24.9 Å². The van der Waals surface area contributed by atoms with Gasteiger partial charge in [-0.15, -0.1) is 0 Å². The van der Waals surface area contributed by atoms with Gasteiger partial charge < -0.3 is 10.2 Å². The van der Waals surface area contributed by atoms with E-state index >= 15 is 0 Å². The molecule has 0 fully saturated rings. The van der Waals surface area contributed by atoms with Gasteiger partial charge in [-0.25, -0.2) is 8.70 Å². The molecule has 2 aromatic rings. The first kappa shape index (κ1) is 29.3. The first-order valence-electron chi connectivity index (χ1n) is 12.0. The average Bonchev–Trinajstić information content (AvgIpc) is 2.83. The van der Waals surface area contributed by atoms with Gasteiger partial charge in [0.15, 0.2) is 0 Å². The van der Waals surface area contributed by atoms with Crippen molar-refractivity contribution >= 4 is 27.7 Å². The zero-order chi connectivity index (χ0) is 27.0. The van der Waals surface area contributed by atoms with Crippen LogP contribution < -0.4 is 9.62 Å². The largest absolute Gasteiger partial charge is 0.352 e. The monoisotopic (exact) mass is 520 g/mol. The molecule has 8 nitrogen and oxygen atoms in total. The van der Waals surface area contributed by atoms with Gasteiger partial charge in [-0.05, 0) is 44.4 Å². The minimum absolute atomic E-state index is 0.0908. The first-order chi connectivity index (χ1) is 16.9. The number of amides is 2. The van der Waals surface area contributed by atoms with E-state index < -0.39 is 34.5 Å². The standard InChI is InChI=1S/C26H37FN4O4S/c1-7-20(4)28-26(33)23(8-2)30(17-21-15-13-19(3)14-16-21)25(32)18-31(36(34,35)29(5)6)24-12-10-9-11-22(24)27/h9-16,20,23H,7-8,17-18H2,1-6H3,(H,28,33)/t20-,23+/m0/s1. The number of hydrogen-bond donors (Lipinski definition) is 1. The molecule has 1 N–H and O–H groups in total. The van der Waals surface area contributed by atoms with Crippen molar-refractivity contribution in [1.29, 1.82) is 0 Å². The molecular formula is C26H37FN4O4S. The maximum Gasteiger partial charge on any atom is 0.304 e. The number of nitrogens with zero attached hydrogens (tertiary/aromatic N) is 3. The number of rotatable bonds is 12. The predicted octanol–water partition coefficient (Wildman–Crippen LogP) is 3.47. The SMILES string of the molecule is CC[C@H](C(=O)N[C@@H](C)CC)N(Cc1ccc(C)cc1)C(=O)CN(c1ccccc1F)S(=O)(=O)N(C)C. The normalized spacial score (nSPS) is 13.2. The second-order valence-corrected chi connectivity index (χ2v) is 11.1. The van der Waals surface area contributed by atoms with Crippen LogP contribution in [0.3, 0.4) is 0 Å². The molecule has 0 aliphatic carbocycles. The van der Waals surface area contributed by atoms with Crippen LogP contribution in [0.2, 0.25) is 0 Å². The van der Waals surface area contributed by atoms with Gasteiger partial charge in [0.05, 0.1) is 5.69 Å². The number of anilines is 1. The van der Waals surface area contributed by atoms with Crippen LogP contribution in [-0.4, -0.2) is 62.2 Å². The highest BCUT2D eigenvalue weighted by Gasteiger charge is 2.34. The number of benzene rings is 2. The molecule has 198 valence electrons. The lowest BCUT2D eigenvalue weighted by molar-refractivity contribution is -0.140. The maximum absolute atomic E-state index is 14.7. The lowest BCUT2D eigenvalue weighted by Crippen LogP contribution is -2.54. The van der Waals surface area contributed by atoms with Crippen LogP contribution in [0, 0.1) is 12.7 Å². The summed E-state index contributed by atoms with van der Waals surface area (Å²) in [4.78, 5) is 28.3. The Balaban J connectivity index is 2.51. The maximum atomic E-state index is 14.7. The smallest absolute Gasteiger partial charge is 0.304 e. The number of carbonyl (C=O) groups is 2. The van der Waals surface area contributed by atoms with Crippen LogP contribution in [0.15, 0.2) is 48.5 Å². The van der Waals surface area contributed by atoms with E-state index in [2.05, 4.69) is 5.32 Å². The van der Waals surface area contributed by atoms with Gasteiger partial charge >= 0.3 is 10.2 Å². The number of nitrogens with one attached hydrogen (secondary N) is 1. The molecule has 2 aromatic carbocycles. The van der Waals surface area contributed by atoms with Crippen LogP contribution in [0.4, 0.5) is 10.1 Å². The Bertz CT molecular complexity index is 1140. The zero-order valence-corrected chi connectivity index (χ0v) is 22.7. The summed E-state index contributed by atoms with van der Waals surface area (Å²) in [6.45, 7) is 6.99. The van der Waals surface area contributed by atoms with Crippen LogP contribution >= 0.6 is 0 Å². The van der Waals surface area contributed by atoms with Crippen molar-refractivity contribution in [2.45, 2.75) is 59.2 Å². The fourth-order valence-electron chi connectivity index (χ4n) is 3.61. The molecule has 0 unspecified atom stereocenters. The number of hydrogen-bond acceptors (Lipinski definition) is 4. The summed E-state index contributed by atoms with van der Waals surface area (Å²) >= 11 is 0. The topological polar surface area (TPSA) is 90.0 Å². The lowest BCUT2D eigenvalue weighted by atomic mass is 10.1. The molecular weight excluding hydrogens is 483 g/mol. The summed E-state index contributed by atoms with van der Waals surface area (Å²) in [5.41, 5.74) is 1.59. The molecule has 0 bridgehead atoms. The Labute approximate surface area is 214 Å². The predicted molar refractivity (Wildman–Crippen MR) is 140 cm³/mol. The molecule has 0 saturated heterocycles. The van der Waals surface area contributed by atoms with Gasteiger partial charge in [-0.2, -0.15) is 12.7 Å². The van der Waals surface area contributed by atoms with E-state index in [0.29, 0.717) is 6.42 Å². The van der Waals surface area contributed by atoms with Gasteiger partial charge in [0.1, 0.15) is 18.4 Å².